The largest absolute Gasteiger partial charge is 0.494 e. The van der Waals surface area contributed by atoms with Gasteiger partial charge >= 0.3 is 12.0 Å². The number of hydrogen-bond donors (Lipinski definition) is 1. The Kier molecular flexibility index (Phi) is 9.14. The van der Waals surface area contributed by atoms with Crippen molar-refractivity contribution in [3.63, 3.8) is 0 Å². The number of aliphatic carboxylic acids is 1. The van der Waals surface area contributed by atoms with Crippen LogP contribution in [0.15, 0.2) is 60.9 Å². The average molecular weight is 457 g/mol. The summed E-state index contributed by atoms with van der Waals surface area (Å²) in [6.45, 7) is 12.1. The number of carbonyl (C=O) groups is 2. The summed E-state index contributed by atoms with van der Waals surface area (Å²) in [5.41, 5.74) is -0.567. The number of rotatable bonds is 12. The molecule has 7 heteroatoms. The molecule has 0 bridgehead atoms. The average Bonchev–Trinajstić information content (AvgIpc) is 3.04. The number of amides is 2. The third-order valence-corrected chi connectivity index (χ3v) is 5.73. The smallest absolute Gasteiger partial charge is 0.348 e. The van der Waals surface area contributed by atoms with Crippen LogP contribution in [0.4, 0.5) is 4.79 Å². The van der Waals surface area contributed by atoms with Crippen LogP contribution in [0, 0.1) is 0 Å². The van der Waals surface area contributed by atoms with Crippen LogP contribution in [0.5, 0.6) is 5.75 Å². The maximum Gasteiger partial charge on any atom is 0.348 e. The molecule has 2 atom stereocenters. The van der Waals surface area contributed by atoms with Gasteiger partial charge in [0.05, 0.1) is 18.4 Å². The zero-order valence-electron chi connectivity index (χ0n) is 20.3. The number of carbonyl (C=O) groups excluding carboxylic acids is 1. The molecule has 1 saturated heterocycles. The van der Waals surface area contributed by atoms with Gasteiger partial charge in [0.2, 0.25) is 5.60 Å². The summed E-state index contributed by atoms with van der Waals surface area (Å²) in [4.78, 5) is 27.8. The highest BCUT2D eigenvalue weighted by atomic mass is 16.5. The highest BCUT2D eigenvalue weighted by Gasteiger charge is 2.36. The van der Waals surface area contributed by atoms with Crippen LogP contribution >= 0.6 is 0 Å². The lowest BCUT2D eigenvalue weighted by Gasteiger charge is -2.27. The third kappa shape index (κ3) is 7.14. The van der Waals surface area contributed by atoms with Gasteiger partial charge < -0.3 is 24.4 Å². The third-order valence-electron chi connectivity index (χ3n) is 5.73. The fourth-order valence-electron chi connectivity index (χ4n) is 3.72. The quantitative estimate of drug-likeness (QED) is 0.366. The number of ether oxygens (including phenoxy) is 2. The topological polar surface area (TPSA) is 79.3 Å². The fraction of sp³-hybridized carbons (Fsp3) is 0.462. The molecule has 0 aromatic heterocycles. The van der Waals surface area contributed by atoms with Crippen LogP contribution in [-0.4, -0.2) is 64.8 Å². The number of carboxylic acid groups (broad SMARTS) is 1. The van der Waals surface area contributed by atoms with Gasteiger partial charge in [-0.25, -0.2) is 9.59 Å². The first-order valence-electron chi connectivity index (χ1n) is 11.2. The molecule has 180 valence electrons. The van der Waals surface area contributed by atoms with E-state index in [1.165, 1.54) is 0 Å². The first-order valence-corrected chi connectivity index (χ1v) is 11.2. The van der Waals surface area contributed by atoms with Gasteiger partial charge in [0.15, 0.2) is 0 Å². The van der Waals surface area contributed by atoms with Crippen LogP contribution in [0.2, 0.25) is 0 Å². The molecule has 0 spiro atoms. The minimum atomic E-state index is -1.40. The molecule has 0 saturated carbocycles. The second-order valence-corrected chi connectivity index (χ2v) is 8.79. The molecule has 1 fully saturated rings. The Morgan fingerprint density at radius 3 is 2.52 bits per heavy atom. The Morgan fingerprint density at radius 2 is 1.97 bits per heavy atom. The molecular weight excluding hydrogens is 420 g/mol. The summed E-state index contributed by atoms with van der Waals surface area (Å²) in [6, 6.07) is 7.73. The lowest BCUT2D eigenvalue weighted by molar-refractivity contribution is -0.158. The molecule has 0 unspecified atom stereocenters. The van der Waals surface area contributed by atoms with Crippen LogP contribution in [0.3, 0.4) is 0 Å². The summed E-state index contributed by atoms with van der Waals surface area (Å²) in [7, 11) is 1.83. The van der Waals surface area contributed by atoms with Crippen LogP contribution in [0.1, 0.15) is 39.7 Å². The first-order chi connectivity index (χ1) is 15.6. The van der Waals surface area contributed by atoms with E-state index in [1.54, 1.807) is 43.1 Å². The van der Waals surface area contributed by atoms with Crippen molar-refractivity contribution in [3.05, 3.63) is 66.5 Å². The molecule has 33 heavy (non-hydrogen) atoms. The molecular formula is C26H36N2O5. The highest BCUT2D eigenvalue weighted by molar-refractivity contribution is 5.78. The van der Waals surface area contributed by atoms with E-state index in [0.29, 0.717) is 24.7 Å². The van der Waals surface area contributed by atoms with E-state index in [2.05, 4.69) is 6.58 Å². The van der Waals surface area contributed by atoms with Gasteiger partial charge in [0.25, 0.3) is 0 Å². The van der Waals surface area contributed by atoms with Gasteiger partial charge in [-0.3, -0.25) is 0 Å². The summed E-state index contributed by atoms with van der Waals surface area (Å²) in [6.07, 6.45) is 7.77. The second-order valence-electron chi connectivity index (χ2n) is 8.79. The van der Waals surface area contributed by atoms with Crippen molar-refractivity contribution in [2.75, 3.05) is 20.2 Å². The van der Waals surface area contributed by atoms with Gasteiger partial charge in [0, 0.05) is 32.5 Å². The zero-order valence-corrected chi connectivity index (χ0v) is 20.3. The van der Waals surface area contributed by atoms with E-state index in [-0.39, 0.29) is 24.5 Å². The number of likely N-dealkylation sites (N-methyl/N-ethyl adjacent to an activating group) is 1. The van der Waals surface area contributed by atoms with Crippen LogP contribution in [-0.2, 0) is 16.0 Å². The minimum absolute atomic E-state index is 0.0601. The van der Waals surface area contributed by atoms with Crippen molar-refractivity contribution in [1.29, 1.82) is 0 Å². The SMILES string of the molecule is C=C/C=C\C=C(/C)O[C@@](C)(Cc1ccc(OCC[C@H]2CN(C(C)C)C(=O)N2C)cc1)C(=O)O. The van der Waals surface area contributed by atoms with Crippen molar-refractivity contribution >= 4 is 12.0 Å². The summed E-state index contributed by atoms with van der Waals surface area (Å²) < 4.78 is 11.6. The first kappa shape index (κ1) is 26.0. The molecule has 2 rings (SSSR count). The number of nitrogens with zero attached hydrogens (tertiary/aromatic N) is 2. The van der Waals surface area contributed by atoms with Crippen LogP contribution in [0.25, 0.3) is 0 Å². The predicted molar refractivity (Wildman–Crippen MR) is 129 cm³/mol. The summed E-state index contributed by atoms with van der Waals surface area (Å²) >= 11 is 0. The normalized spacial score (nSPS) is 18.7. The Bertz CT molecular complexity index is 890. The summed E-state index contributed by atoms with van der Waals surface area (Å²) in [5, 5.41) is 9.74. The molecule has 1 aromatic carbocycles. The van der Waals surface area contributed by atoms with E-state index < -0.39 is 11.6 Å². The minimum Gasteiger partial charge on any atom is -0.494 e. The monoisotopic (exact) mass is 456 g/mol. The van der Waals surface area contributed by atoms with E-state index >= 15 is 0 Å². The fourth-order valence-corrected chi connectivity index (χ4v) is 3.72. The Labute approximate surface area is 197 Å². The standard InChI is InChI=1S/C26H36N2O5/c1-7-8-9-10-20(4)33-26(5,24(29)30)17-21-11-13-23(14-12-21)32-16-15-22-18-28(19(2)3)25(31)27(22)6/h7-14,19,22H,1,15-18H2,2-6H3,(H,29,30)/b9-8-,20-10+/t22-,26-/m0/s1. The lowest BCUT2D eigenvalue weighted by atomic mass is 9.96. The summed E-state index contributed by atoms with van der Waals surface area (Å²) in [5.74, 6) is 0.174. The number of benzene rings is 1. The molecule has 1 aliphatic heterocycles. The van der Waals surface area contributed by atoms with Gasteiger partial charge in [-0.15, -0.1) is 0 Å². The number of allylic oxidation sites excluding steroid dienone is 5. The molecule has 1 aliphatic rings. The molecule has 1 aromatic rings. The van der Waals surface area contributed by atoms with Crippen molar-refractivity contribution in [2.24, 2.45) is 0 Å². The van der Waals surface area contributed by atoms with Gasteiger partial charge in [0.1, 0.15) is 5.75 Å². The number of carboxylic acids is 1. The molecule has 1 heterocycles. The highest BCUT2D eigenvalue weighted by Crippen LogP contribution is 2.24. The van der Waals surface area contributed by atoms with E-state index in [0.717, 1.165) is 12.0 Å². The maximum atomic E-state index is 12.3. The van der Waals surface area contributed by atoms with E-state index in [1.807, 2.05) is 50.1 Å². The van der Waals surface area contributed by atoms with Crippen LogP contribution < -0.4 is 4.74 Å². The molecule has 2 amide bonds. The maximum absolute atomic E-state index is 12.3. The number of hydrogen-bond acceptors (Lipinski definition) is 4. The molecule has 7 nitrogen and oxygen atoms in total. The Hall–Kier alpha value is -3.22. The van der Waals surface area contributed by atoms with Crippen molar-refractivity contribution in [3.8, 4) is 5.75 Å². The van der Waals surface area contributed by atoms with Gasteiger partial charge in [-0.1, -0.05) is 36.9 Å². The van der Waals surface area contributed by atoms with Crippen molar-refractivity contribution in [1.82, 2.24) is 9.80 Å². The molecule has 0 aliphatic carbocycles. The van der Waals surface area contributed by atoms with Crippen molar-refractivity contribution < 1.29 is 24.2 Å². The predicted octanol–water partition coefficient (Wildman–Crippen LogP) is 4.65. The Balaban J connectivity index is 1.92. The van der Waals surface area contributed by atoms with Gasteiger partial charge in [-0.2, -0.15) is 0 Å². The van der Waals surface area contributed by atoms with Gasteiger partial charge in [-0.05, 0) is 51.5 Å². The zero-order chi connectivity index (χ0) is 24.6. The Morgan fingerprint density at radius 1 is 1.30 bits per heavy atom. The lowest BCUT2D eigenvalue weighted by Crippen LogP contribution is -2.40. The molecule has 0 radical (unpaired) electrons. The second kappa shape index (κ2) is 11.6. The van der Waals surface area contributed by atoms with E-state index in [9.17, 15) is 14.7 Å². The number of urea groups is 1. The van der Waals surface area contributed by atoms with E-state index in [4.69, 9.17) is 9.47 Å². The molecule has 1 N–H and O–H groups in total. The van der Waals surface area contributed by atoms with Crippen molar-refractivity contribution in [2.45, 2.75) is 58.2 Å².